The van der Waals surface area contributed by atoms with Gasteiger partial charge >= 0.3 is 0 Å². The maximum atomic E-state index is 10.2. The summed E-state index contributed by atoms with van der Waals surface area (Å²) in [6.45, 7) is 5.29. The van der Waals surface area contributed by atoms with E-state index in [1.165, 1.54) is 37.0 Å². The summed E-state index contributed by atoms with van der Waals surface area (Å²) in [5, 5.41) is 27.8. The van der Waals surface area contributed by atoms with Gasteiger partial charge in [0.15, 0.2) is 5.13 Å². The second-order valence-corrected chi connectivity index (χ2v) is 10.9. The zero-order valence-corrected chi connectivity index (χ0v) is 20.5. The van der Waals surface area contributed by atoms with Crippen LogP contribution < -0.4 is 10.6 Å². The van der Waals surface area contributed by atoms with E-state index in [4.69, 9.17) is 10.2 Å². The molecule has 3 aromatic heterocycles. The minimum Gasteiger partial charge on any atom is -0.385 e. The molecule has 3 N–H and O–H groups in total. The topological polar surface area (TPSA) is 110 Å². The number of nitriles is 1. The maximum absolute atomic E-state index is 10.2. The highest BCUT2D eigenvalue weighted by Crippen LogP contribution is 2.39. The number of fused-ring (bicyclic) bond motifs is 3. The lowest BCUT2D eigenvalue weighted by Gasteiger charge is -2.38. The van der Waals surface area contributed by atoms with Crippen molar-refractivity contribution in [2.45, 2.75) is 63.6 Å². The van der Waals surface area contributed by atoms with Gasteiger partial charge in [-0.2, -0.15) is 5.26 Å². The fourth-order valence-corrected chi connectivity index (χ4v) is 6.16. The van der Waals surface area contributed by atoms with Gasteiger partial charge < -0.3 is 15.7 Å². The summed E-state index contributed by atoms with van der Waals surface area (Å²) in [6, 6.07) is 9.42. The first kappa shape index (κ1) is 23.0. The Labute approximate surface area is 204 Å². The molecule has 0 amide bonds. The van der Waals surface area contributed by atoms with Gasteiger partial charge in [0.05, 0.1) is 22.1 Å². The number of rotatable bonds is 8. The highest BCUT2D eigenvalue weighted by atomic mass is 32.1. The summed E-state index contributed by atoms with van der Waals surface area (Å²) < 4.78 is 0. The Morgan fingerprint density at radius 2 is 2.06 bits per heavy atom. The zero-order valence-electron chi connectivity index (χ0n) is 19.7. The number of nitrogens with one attached hydrogen (secondary N) is 2. The molecule has 2 aliphatic heterocycles. The van der Waals surface area contributed by atoms with Gasteiger partial charge in [0, 0.05) is 55.4 Å². The van der Waals surface area contributed by atoms with Crippen molar-refractivity contribution in [1.82, 2.24) is 19.9 Å². The molecule has 9 heteroatoms. The highest BCUT2D eigenvalue weighted by Gasteiger charge is 2.40. The van der Waals surface area contributed by atoms with Crippen LogP contribution in [-0.4, -0.2) is 50.1 Å². The van der Waals surface area contributed by atoms with Crippen LogP contribution in [0.1, 0.15) is 50.8 Å². The first-order chi connectivity index (χ1) is 16.4. The molecule has 5 rings (SSSR count). The smallest absolute Gasteiger partial charge is 0.188 e. The fraction of sp³-hybridized carbons (Fsp3) is 0.520. The Kier molecular flexibility index (Phi) is 6.38. The van der Waals surface area contributed by atoms with Crippen LogP contribution in [-0.2, 0) is 5.60 Å². The van der Waals surface area contributed by atoms with Gasteiger partial charge in [-0.15, -0.1) is 0 Å². The monoisotopic (exact) mass is 477 g/mol. The van der Waals surface area contributed by atoms with E-state index in [0.29, 0.717) is 35.4 Å². The summed E-state index contributed by atoms with van der Waals surface area (Å²) in [4.78, 5) is 17.2. The van der Waals surface area contributed by atoms with Crippen LogP contribution in [0.3, 0.4) is 0 Å². The molecule has 34 heavy (non-hydrogen) atoms. The van der Waals surface area contributed by atoms with E-state index in [-0.39, 0.29) is 0 Å². The molecule has 0 aromatic carbocycles. The molecule has 2 fully saturated rings. The lowest BCUT2D eigenvalue weighted by molar-refractivity contribution is 0.0823. The molecule has 0 radical (unpaired) electrons. The number of thiazole rings is 1. The van der Waals surface area contributed by atoms with E-state index >= 15 is 0 Å². The van der Waals surface area contributed by atoms with Crippen molar-refractivity contribution in [2.75, 3.05) is 23.7 Å². The quantitative estimate of drug-likeness (QED) is 0.431. The van der Waals surface area contributed by atoms with Gasteiger partial charge in [-0.3, -0.25) is 9.88 Å². The van der Waals surface area contributed by atoms with Crippen molar-refractivity contribution in [3.63, 3.8) is 0 Å². The minimum absolute atomic E-state index is 0.592. The van der Waals surface area contributed by atoms with Crippen LogP contribution in [0.5, 0.6) is 0 Å². The number of hydrogen-bond acceptors (Lipinski definition) is 9. The average molecular weight is 478 g/mol. The third kappa shape index (κ3) is 4.85. The summed E-state index contributed by atoms with van der Waals surface area (Å²) in [6.07, 6.45) is 8.94. The Bertz CT molecular complexity index is 1180. The largest absolute Gasteiger partial charge is 0.385 e. The van der Waals surface area contributed by atoms with Gasteiger partial charge in [-0.1, -0.05) is 11.3 Å². The summed E-state index contributed by atoms with van der Waals surface area (Å²) >= 11 is 1.42. The van der Waals surface area contributed by atoms with E-state index < -0.39 is 5.60 Å². The first-order valence-corrected chi connectivity index (χ1v) is 12.8. The Hall–Kier alpha value is -2.80. The molecular formula is C25H31N7OS. The summed E-state index contributed by atoms with van der Waals surface area (Å²) in [7, 11) is 0. The molecule has 3 atom stereocenters. The highest BCUT2D eigenvalue weighted by molar-refractivity contribution is 7.15. The fourth-order valence-electron chi connectivity index (χ4n) is 5.34. The molecule has 0 spiro atoms. The standard InChI is InChI=1S/C25H31N7OS/c1-25(2,33)21-15-29-24(34-21)31-22-13-20-19(5-3-9-27-20)23(30-22)28-14-16-11-17-6-7-18(12-16)32(17)10-4-8-26/h3,5,9,13,15-18,33H,4,6-7,10-12,14H2,1-2H3,(H2,28,29,30,31)/t16-,17-,18+. The number of pyridine rings is 2. The van der Waals surface area contributed by atoms with Gasteiger partial charge in [0.2, 0.25) is 0 Å². The van der Waals surface area contributed by atoms with Gasteiger partial charge in [0.1, 0.15) is 11.6 Å². The van der Waals surface area contributed by atoms with Crippen LogP contribution in [0.15, 0.2) is 30.6 Å². The van der Waals surface area contributed by atoms with Crippen molar-refractivity contribution >= 4 is 39.0 Å². The van der Waals surface area contributed by atoms with Crippen molar-refractivity contribution < 1.29 is 5.11 Å². The Morgan fingerprint density at radius 3 is 2.76 bits per heavy atom. The summed E-state index contributed by atoms with van der Waals surface area (Å²) in [5.74, 6) is 2.10. The van der Waals surface area contributed by atoms with Gasteiger partial charge in [-0.05, 0) is 57.6 Å². The lowest BCUT2D eigenvalue weighted by Crippen LogP contribution is -2.44. The van der Waals surface area contributed by atoms with Crippen LogP contribution in [0.4, 0.5) is 16.8 Å². The van der Waals surface area contributed by atoms with E-state index in [0.717, 1.165) is 34.7 Å². The number of anilines is 3. The molecule has 178 valence electrons. The van der Waals surface area contributed by atoms with E-state index in [9.17, 15) is 5.11 Å². The third-order valence-corrected chi connectivity index (χ3v) is 8.19. The molecule has 8 nitrogen and oxygen atoms in total. The number of aliphatic hydroxyl groups is 1. The van der Waals surface area contributed by atoms with Gasteiger partial charge in [0.25, 0.3) is 0 Å². The number of piperidine rings is 1. The Balaban J connectivity index is 1.31. The minimum atomic E-state index is -0.924. The number of aromatic nitrogens is 3. The average Bonchev–Trinajstić information content (AvgIpc) is 3.37. The van der Waals surface area contributed by atoms with Crippen molar-refractivity contribution in [3.05, 3.63) is 35.5 Å². The predicted octanol–water partition coefficient (Wildman–Crippen LogP) is 4.63. The van der Waals surface area contributed by atoms with Crippen molar-refractivity contribution in [1.29, 1.82) is 5.26 Å². The van der Waals surface area contributed by atoms with Crippen LogP contribution in [0.2, 0.25) is 0 Å². The van der Waals surface area contributed by atoms with E-state index in [1.807, 2.05) is 18.2 Å². The molecule has 0 aliphatic carbocycles. The maximum Gasteiger partial charge on any atom is 0.188 e. The van der Waals surface area contributed by atoms with Crippen LogP contribution in [0.25, 0.3) is 10.9 Å². The first-order valence-electron chi connectivity index (χ1n) is 12.0. The molecule has 3 aromatic rings. The van der Waals surface area contributed by atoms with E-state index in [2.05, 4.69) is 31.6 Å². The normalized spacial score (nSPS) is 22.6. The van der Waals surface area contributed by atoms with Crippen molar-refractivity contribution in [3.8, 4) is 6.07 Å². The van der Waals surface area contributed by atoms with Crippen molar-refractivity contribution in [2.24, 2.45) is 5.92 Å². The van der Waals surface area contributed by atoms with Crippen LogP contribution >= 0.6 is 11.3 Å². The zero-order chi connectivity index (χ0) is 23.7. The molecule has 0 saturated carbocycles. The summed E-state index contributed by atoms with van der Waals surface area (Å²) in [5.41, 5.74) is -0.0557. The number of hydrogen-bond donors (Lipinski definition) is 3. The molecule has 2 aliphatic rings. The second-order valence-electron chi connectivity index (χ2n) is 9.89. The predicted molar refractivity (Wildman–Crippen MR) is 135 cm³/mol. The number of nitrogens with zero attached hydrogens (tertiary/aromatic N) is 5. The van der Waals surface area contributed by atoms with Gasteiger partial charge in [-0.25, -0.2) is 9.97 Å². The lowest BCUT2D eigenvalue weighted by atomic mass is 9.90. The molecule has 0 unspecified atom stereocenters. The van der Waals surface area contributed by atoms with Crippen LogP contribution in [0, 0.1) is 17.2 Å². The molecule has 2 saturated heterocycles. The van der Waals surface area contributed by atoms with E-state index in [1.54, 1.807) is 26.2 Å². The molecule has 2 bridgehead atoms. The molecular weight excluding hydrogens is 446 g/mol. The second kappa shape index (κ2) is 9.45. The Morgan fingerprint density at radius 1 is 1.26 bits per heavy atom. The molecule has 5 heterocycles. The third-order valence-electron chi connectivity index (χ3n) is 6.96. The SMILES string of the molecule is CC(C)(O)c1cnc(Nc2cc3ncccc3c(NC[C@@H]3C[C@H]4CC[C@@H](C3)N4CCC#N)n2)s1.